The molecule has 2 saturated heterocycles. The van der Waals surface area contributed by atoms with E-state index in [1.165, 1.54) is 34.6 Å². The van der Waals surface area contributed by atoms with Crippen LogP contribution in [0.1, 0.15) is 36.0 Å². The average molecular weight is 460 g/mol. The van der Waals surface area contributed by atoms with Crippen molar-refractivity contribution in [3.05, 3.63) is 59.9 Å². The van der Waals surface area contributed by atoms with Crippen LogP contribution >= 0.6 is 0 Å². The van der Waals surface area contributed by atoms with Crippen molar-refractivity contribution in [1.82, 2.24) is 9.21 Å². The molecule has 0 saturated carbocycles. The first kappa shape index (κ1) is 22.4. The fourth-order valence-corrected chi connectivity index (χ4v) is 5.70. The van der Waals surface area contributed by atoms with Crippen molar-refractivity contribution in [3.63, 3.8) is 0 Å². The molecule has 0 unspecified atom stereocenters. The number of halogens is 1. The van der Waals surface area contributed by atoms with Crippen molar-refractivity contribution in [1.29, 1.82) is 0 Å². The van der Waals surface area contributed by atoms with Gasteiger partial charge in [-0.05, 0) is 68.1 Å². The Balaban J connectivity index is 1.32. The van der Waals surface area contributed by atoms with Crippen LogP contribution in [0.3, 0.4) is 0 Å². The first-order valence-electron chi connectivity index (χ1n) is 10.8. The molecular formula is C23H26FN3O4S. The first-order chi connectivity index (χ1) is 15.3. The molecule has 7 nitrogen and oxygen atoms in total. The van der Waals surface area contributed by atoms with Crippen molar-refractivity contribution in [3.8, 4) is 0 Å². The van der Waals surface area contributed by atoms with Crippen LogP contribution in [-0.4, -0.2) is 55.6 Å². The van der Waals surface area contributed by atoms with Crippen molar-refractivity contribution < 1.29 is 22.4 Å². The molecule has 0 bridgehead atoms. The van der Waals surface area contributed by atoms with Gasteiger partial charge in [-0.25, -0.2) is 12.8 Å². The highest BCUT2D eigenvalue weighted by atomic mass is 32.2. The van der Waals surface area contributed by atoms with E-state index in [9.17, 15) is 22.4 Å². The van der Waals surface area contributed by atoms with E-state index < -0.39 is 15.8 Å². The molecule has 0 radical (unpaired) electrons. The summed E-state index contributed by atoms with van der Waals surface area (Å²) in [6, 6.07) is 11.8. The lowest BCUT2D eigenvalue weighted by Gasteiger charge is -2.31. The fourth-order valence-electron chi connectivity index (χ4n) is 4.18. The maximum Gasteiger partial charge on any atom is 0.253 e. The summed E-state index contributed by atoms with van der Waals surface area (Å²) in [6.07, 6.45) is 2.77. The third-order valence-electron chi connectivity index (χ3n) is 6.05. The molecule has 32 heavy (non-hydrogen) atoms. The van der Waals surface area contributed by atoms with Gasteiger partial charge < -0.3 is 10.2 Å². The van der Waals surface area contributed by atoms with Crippen molar-refractivity contribution in [2.75, 3.05) is 31.5 Å². The molecule has 2 heterocycles. The van der Waals surface area contributed by atoms with Crippen LogP contribution in [0.15, 0.2) is 53.4 Å². The number of nitrogens with one attached hydrogen (secondary N) is 1. The van der Waals surface area contributed by atoms with Gasteiger partial charge >= 0.3 is 0 Å². The number of amides is 2. The molecule has 4 rings (SSSR count). The molecular weight excluding hydrogens is 433 g/mol. The van der Waals surface area contributed by atoms with Gasteiger partial charge in [-0.1, -0.05) is 6.07 Å². The first-order valence-corrected chi connectivity index (χ1v) is 12.2. The van der Waals surface area contributed by atoms with Gasteiger partial charge in [0.15, 0.2) is 0 Å². The third-order valence-corrected chi connectivity index (χ3v) is 7.96. The smallest absolute Gasteiger partial charge is 0.253 e. The van der Waals surface area contributed by atoms with E-state index in [0.29, 0.717) is 50.3 Å². The van der Waals surface area contributed by atoms with Gasteiger partial charge in [0.1, 0.15) is 5.82 Å². The second-order valence-corrected chi connectivity index (χ2v) is 10.1. The Labute approximate surface area is 187 Å². The van der Waals surface area contributed by atoms with Gasteiger partial charge in [-0.15, -0.1) is 0 Å². The van der Waals surface area contributed by atoms with Gasteiger partial charge in [0.25, 0.3) is 5.91 Å². The van der Waals surface area contributed by atoms with E-state index in [-0.39, 0.29) is 22.6 Å². The molecule has 2 aliphatic heterocycles. The van der Waals surface area contributed by atoms with E-state index in [1.54, 1.807) is 23.1 Å². The van der Waals surface area contributed by atoms with Crippen LogP contribution in [0.2, 0.25) is 0 Å². The lowest BCUT2D eigenvalue weighted by Crippen LogP contribution is -2.41. The molecule has 0 spiro atoms. The van der Waals surface area contributed by atoms with Crippen molar-refractivity contribution in [2.45, 2.75) is 30.6 Å². The summed E-state index contributed by atoms with van der Waals surface area (Å²) < 4.78 is 40.1. The summed E-state index contributed by atoms with van der Waals surface area (Å²) >= 11 is 0. The number of carbonyl (C=O) groups excluding carboxylic acids is 2. The summed E-state index contributed by atoms with van der Waals surface area (Å²) in [5.74, 6) is -1.10. The number of hydrogen-bond donors (Lipinski definition) is 1. The summed E-state index contributed by atoms with van der Waals surface area (Å²) in [6.45, 7) is 1.92. The highest BCUT2D eigenvalue weighted by Gasteiger charge is 2.29. The summed E-state index contributed by atoms with van der Waals surface area (Å²) in [5, 5.41) is 2.84. The van der Waals surface area contributed by atoms with Gasteiger partial charge in [0.2, 0.25) is 15.9 Å². The lowest BCUT2D eigenvalue weighted by molar-refractivity contribution is -0.121. The van der Waals surface area contributed by atoms with Crippen molar-refractivity contribution >= 4 is 27.5 Å². The van der Waals surface area contributed by atoms with Crippen molar-refractivity contribution in [2.24, 2.45) is 5.92 Å². The molecule has 2 aliphatic rings. The van der Waals surface area contributed by atoms with E-state index in [4.69, 9.17) is 0 Å². The molecule has 170 valence electrons. The molecule has 0 aromatic heterocycles. The van der Waals surface area contributed by atoms with Gasteiger partial charge in [-0.3, -0.25) is 9.59 Å². The highest BCUT2D eigenvalue weighted by Crippen LogP contribution is 2.24. The monoisotopic (exact) mass is 459 g/mol. The molecule has 2 aromatic carbocycles. The van der Waals surface area contributed by atoms with Crippen LogP contribution in [0.4, 0.5) is 10.1 Å². The normalized spacial score (nSPS) is 18.0. The minimum atomic E-state index is -3.48. The minimum Gasteiger partial charge on any atom is -0.339 e. The van der Waals surface area contributed by atoms with Crippen LogP contribution < -0.4 is 5.32 Å². The fraction of sp³-hybridized carbons (Fsp3) is 0.391. The predicted molar refractivity (Wildman–Crippen MR) is 118 cm³/mol. The standard InChI is InChI=1S/C23H26FN3O4S/c24-19-5-3-4-18(16-19)23(29)26-14-10-17(11-15-26)22(28)25-20-6-8-21(9-7-20)32(30,31)27-12-1-2-13-27/h3-9,16-17H,1-2,10-15H2,(H,25,28). The molecule has 2 amide bonds. The maximum absolute atomic E-state index is 13.4. The molecule has 2 aromatic rings. The zero-order chi connectivity index (χ0) is 22.7. The Bertz CT molecular complexity index is 1090. The number of likely N-dealkylation sites (tertiary alicyclic amines) is 1. The number of piperidine rings is 1. The van der Waals surface area contributed by atoms with Crippen LogP contribution in [0.5, 0.6) is 0 Å². The summed E-state index contributed by atoms with van der Waals surface area (Å²) in [5.41, 5.74) is 0.838. The number of hydrogen-bond acceptors (Lipinski definition) is 4. The Morgan fingerprint density at radius 2 is 1.59 bits per heavy atom. The topological polar surface area (TPSA) is 86.8 Å². The minimum absolute atomic E-state index is 0.155. The van der Waals surface area contributed by atoms with E-state index in [0.717, 1.165) is 12.8 Å². The van der Waals surface area contributed by atoms with Crippen LogP contribution in [0.25, 0.3) is 0 Å². The predicted octanol–water partition coefficient (Wildman–Crippen LogP) is 3.10. The van der Waals surface area contributed by atoms with E-state index in [2.05, 4.69) is 5.32 Å². The summed E-state index contributed by atoms with van der Waals surface area (Å²) in [7, 11) is -3.48. The maximum atomic E-state index is 13.4. The number of sulfonamides is 1. The second kappa shape index (κ2) is 9.38. The molecule has 0 aliphatic carbocycles. The van der Waals surface area contributed by atoms with E-state index >= 15 is 0 Å². The third kappa shape index (κ3) is 4.83. The second-order valence-electron chi connectivity index (χ2n) is 8.20. The molecule has 9 heteroatoms. The van der Waals surface area contributed by atoms with Crippen LogP contribution in [-0.2, 0) is 14.8 Å². The largest absolute Gasteiger partial charge is 0.339 e. The summed E-state index contributed by atoms with van der Waals surface area (Å²) in [4.78, 5) is 27.1. The van der Waals surface area contributed by atoms with Crippen LogP contribution in [0, 0.1) is 11.7 Å². The Morgan fingerprint density at radius 1 is 0.938 bits per heavy atom. The Kier molecular flexibility index (Phi) is 6.57. The number of nitrogens with zero attached hydrogens (tertiary/aromatic N) is 2. The molecule has 2 fully saturated rings. The van der Waals surface area contributed by atoms with Gasteiger partial charge in [-0.2, -0.15) is 4.31 Å². The number of benzene rings is 2. The van der Waals surface area contributed by atoms with Gasteiger partial charge in [0, 0.05) is 43.3 Å². The average Bonchev–Trinajstić information content (AvgIpc) is 3.35. The highest BCUT2D eigenvalue weighted by molar-refractivity contribution is 7.89. The zero-order valence-electron chi connectivity index (χ0n) is 17.7. The quantitative estimate of drug-likeness (QED) is 0.745. The molecule has 1 N–H and O–H groups in total. The number of anilines is 1. The SMILES string of the molecule is O=C(Nc1ccc(S(=O)(=O)N2CCCC2)cc1)C1CCN(C(=O)c2cccc(F)c2)CC1. The molecule has 0 atom stereocenters. The zero-order valence-corrected chi connectivity index (χ0v) is 18.5. The Morgan fingerprint density at radius 3 is 2.22 bits per heavy atom. The Hall–Kier alpha value is -2.78. The van der Waals surface area contributed by atoms with E-state index in [1.807, 2.05) is 0 Å². The lowest BCUT2D eigenvalue weighted by atomic mass is 9.95. The van der Waals surface area contributed by atoms with Gasteiger partial charge in [0.05, 0.1) is 4.90 Å². The number of carbonyl (C=O) groups is 2. The number of rotatable bonds is 5.